The van der Waals surface area contributed by atoms with E-state index in [2.05, 4.69) is 11.9 Å². The van der Waals surface area contributed by atoms with Gasteiger partial charge < -0.3 is 4.74 Å². The first-order valence-corrected chi connectivity index (χ1v) is 7.17. The summed E-state index contributed by atoms with van der Waals surface area (Å²) >= 11 is 0. The molecule has 104 valence electrons. The maximum absolute atomic E-state index is 12.4. The van der Waals surface area contributed by atoms with E-state index >= 15 is 0 Å². The largest absolute Gasteiger partial charge is 0.493 e. The quantitative estimate of drug-likeness (QED) is 0.737. The molecule has 19 heavy (non-hydrogen) atoms. The van der Waals surface area contributed by atoms with Crippen molar-refractivity contribution in [1.82, 2.24) is 4.90 Å². The second kappa shape index (κ2) is 6.71. The summed E-state index contributed by atoms with van der Waals surface area (Å²) in [6.07, 6.45) is 5.02. The summed E-state index contributed by atoms with van der Waals surface area (Å²) in [6, 6.07) is 8.10. The van der Waals surface area contributed by atoms with Gasteiger partial charge in [0.05, 0.1) is 18.7 Å². The summed E-state index contributed by atoms with van der Waals surface area (Å²) in [4.78, 5) is 14.6. The molecule has 0 aromatic heterocycles. The number of para-hydroxylation sites is 1. The van der Waals surface area contributed by atoms with Crippen LogP contribution in [0.3, 0.4) is 0 Å². The van der Waals surface area contributed by atoms with E-state index in [1.807, 2.05) is 31.2 Å². The first kappa shape index (κ1) is 14.1. The molecule has 0 heterocycles. The second-order valence-electron chi connectivity index (χ2n) is 5.21. The van der Waals surface area contributed by atoms with Crippen LogP contribution in [0.25, 0.3) is 0 Å². The third-order valence-corrected chi connectivity index (χ3v) is 3.83. The van der Waals surface area contributed by atoms with E-state index in [1.165, 1.54) is 25.7 Å². The average molecular weight is 261 g/mol. The molecule has 3 heteroatoms. The van der Waals surface area contributed by atoms with E-state index in [0.717, 1.165) is 0 Å². The number of rotatable bonds is 6. The lowest BCUT2D eigenvalue weighted by atomic mass is 10.1. The molecule has 0 spiro atoms. The Hall–Kier alpha value is -1.35. The molecule has 0 radical (unpaired) electrons. The van der Waals surface area contributed by atoms with Crippen molar-refractivity contribution in [1.29, 1.82) is 0 Å². The van der Waals surface area contributed by atoms with Crippen LogP contribution in [0.4, 0.5) is 0 Å². The molecule has 1 fully saturated rings. The minimum Gasteiger partial charge on any atom is -0.493 e. The molecule has 1 aliphatic rings. The predicted molar refractivity (Wildman–Crippen MR) is 76.8 cm³/mol. The van der Waals surface area contributed by atoms with Crippen LogP contribution in [-0.4, -0.2) is 36.9 Å². The van der Waals surface area contributed by atoms with Gasteiger partial charge in [0.25, 0.3) is 0 Å². The number of ketones is 1. The van der Waals surface area contributed by atoms with Crippen LogP contribution in [0.2, 0.25) is 0 Å². The third kappa shape index (κ3) is 3.57. The fraction of sp³-hybridized carbons (Fsp3) is 0.562. The Kier molecular flexibility index (Phi) is 4.97. The number of benzene rings is 1. The molecule has 0 bridgehead atoms. The molecule has 1 aromatic rings. The molecule has 0 unspecified atom stereocenters. The van der Waals surface area contributed by atoms with Gasteiger partial charge in [-0.15, -0.1) is 0 Å². The summed E-state index contributed by atoms with van der Waals surface area (Å²) < 4.78 is 5.53. The zero-order chi connectivity index (χ0) is 13.7. The minimum absolute atomic E-state index is 0.151. The van der Waals surface area contributed by atoms with Crippen LogP contribution >= 0.6 is 0 Å². The predicted octanol–water partition coefficient (Wildman–Crippen LogP) is 3.14. The molecule has 0 aliphatic heterocycles. The first-order valence-electron chi connectivity index (χ1n) is 7.17. The standard InChI is InChI=1S/C16H23NO2/c1-3-19-16-11-7-6-10-14(16)15(18)12-17(2)13-8-4-5-9-13/h6-7,10-11,13H,3-5,8-9,12H2,1-2H3. The fourth-order valence-electron chi connectivity index (χ4n) is 2.76. The maximum Gasteiger partial charge on any atom is 0.180 e. The van der Waals surface area contributed by atoms with Gasteiger partial charge in [0, 0.05) is 6.04 Å². The van der Waals surface area contributed by atoms with E-state index in [9.17, 15) is 4.79 Å². The third-order valence-electron chi connectivity index (χ3n) is 3.83. The molecule has 0 amide bonds. The van der Waals surface area contributed by atoms with Gasteiger partial charge >= 0.3 is 0 Å². The zero-order valence-electron chi connectivity index (χ0n) is 11.9. The summed E-state index contributed by atoms with van der Waals surface area (Å²) in [5, 5.41) is 0. The Bertz CT molecular complexity index is 425. The molecule has 1 aliphatic carbocycles. The first-order chi connectivity index (χ1) is 9.22. The number of nitrogens with zero attached hydrogens (tertiary/aromatic N) is 1. The highest BCUT2D eigenvalue weighted by Gasteiger charge is 2.22. The molecule has 1 aromatic carbocycles. The number of hydrogen-bond acceptors (Lipinski definition) is 3. The van der Waals surface area contributed by atoms with E-state index in [-0.39, 0.29) is 5.78 Å². The minimum atomic E-state index is 0.151. The zero-order valence-corrected chi connectivity index (χ0v) is 11.9. The monoisotopic (exact) mass is 261 g/mol. The average Bonchev–Trinajstić information content (AvgIpc) is 2.93. The van der Waals surface area contributed by atoms with Crippen LogP contribution in [0, 0.1) is 0 Å². The van der Waals surface area contributed by atoms with Crippen LogP contribution < -0.4 is 4.74 Å². The summed E-state index contributed by atoms with van der Waals surface area (Å²) in [5.41, 5.74) is 0.703. The Labute approximate surface area is 115 Å². The van der Waals surface area contributed by atoms with Crippen molar-refractivity contribution in [2.24, 2.45) is 0 Å². The van der Waals surface area contributed by atoms with Gasteiger partial charge in [-0.05, 0) is 38.9 Å². The van der Waals surface area contributed by atoms with Gasteiger partial charge in [0.15, 0.2) is 5.78 Å². The van der Waals surface area contributed by atoms with Crippen molar-refractivity contribution in [3.63, 3.8) is 0 Å². The Balaban J connectivity index is 2.02. The SMILES string of the molecule is CCOc1ccccc1C(=O)CN(C)C1CCCC1. The topological polar surface area (TPSA) is 29.5 Å². The number of carbonyl (C=O) groups excluding carboxylic acids is 1. The molecule has 0 saturated heterocycles. The normalized spacial score (nSPS) is 15.9. The highest BCUT2D eigenvalue weighted by atomic mass is 16.5. The van der Waals surface area contributed by atoms with E-state index in [1.54, 1.807) is 0 Å². The van der Waals surface area contributed by atoms with E-state index in [0.29, 0.717) is 30.5 Å². The number of likely N-dealkylation sites (N-methyl/N-ethyl adjacent to an activating group) is 1. The number of hydrogen-bond donors (Lipinski definition) is 0. The number of Topliss-reactive ketones (excluding diaryl/α,β-unsaturated/α-hetero) is 1. The molecule has 0 N–H and O–H groups in total. The maximum atomic E-state index is 12.4. The summed E-state index contributed by atoms with van der Waals surface area (Å²) in [6.45, 7) is 3.00. The molecule has 1 saturated carbocycles. The highest BCUT2D eigenvalue weighted by molar-refractivity contribution is 6.00. The molecule has 3 nitrogen and oxygen atoms in total. The lowest BCUT2D eigenvalue weighted by Crippen LogP contribution is -2.34. The number of ether oxygens (including phenoxy) is 1. The lowest BCUT2D eigenvalue weighted by Gasteiger charge is -2.23. The molecular formula is C16H23NO2. The van der Waals surface area contributed by atoms with Crippen LogP contribution in [0.5, 0.6) is 5.75 Å². The molecule has 0 atom stereocenters. The number of carbonyl (C=O) groups is 1. The highest BCUT2D eigenvalue weighted by Crippen LogP contribution is 2.24. The van der Waals surface area contributed by atoms with Crippen LogP contribution in [0.15, 0.2) is 24.3 Å². The van der Waals surface area contributed by atoms with Crippen molar-refractivity contribution in [2.45, 2.75) is 38.6 Å². The van der Waals surface area contributed by atoms with Gasteiger partial charge in [0.1, 0.15) is 5.75 Å². The van der Waals surface area contributed by atoms with Crippen LogP contribution in [-0.2, 0) is 0 Å². The van der Waals surface area contributed by atoms with Crippen LogP contribution in [0.1, 0.15) is 43.0 Å². The van der Waals surface area contributed by atoms with E-state index in [4.69, 9.17) is 4.74 Å². The Morgan fingerprint density at radius 2 is 2.00 bits per heavy atom. The molecule has 2 rings (SSSR count). The van der Waals surface area contributed by atoms with Gasteiger partial charge in [-0.3, -0.25) is 9.69 Å². The smallest absolute Gasteiger partial charge is 0.180 e. The fourth-order valence-corrected chi connectivity index (χ4v) is 2.76. The van der Waals surface area contributed by atoms with Gasteiger partial charge in [-0.25, -0.2) is 0 Å². The van der Waals surface area contributed by atoms with Gasteiger partial charge in [0.2, 0.25) is 0 Å². The summed E-state index contributed by atoms with van der Waals surface area (Å²) in [7, 11) is 2.05. The van der Waals surface area contributed by atoms with Crippen molar-refractivity contribution >= 4 is 5.78 Å². The Morgan fingerprint density at radius 3 is 2.68 bits per heavy atom. The summed E-state index contributed by atoms with van der Waals surface area (Å²) in [5.74, 6) is 0.855. The van der Waals surface area contributed by atoms with Crippen molar-refractivity contribution < 1.29 is 9.53 Å². The second-order valence-corrected chi connectivity index (χ2v) is 5.21. The van der Waals surface area contributed by atoms with Crippen molar-refractivity contribution in [2.75, 3.05) is 20.2 Å². The Morgan fingerprint density at radius 1 is 1.32 bits per heavy atom. The molecular weight excluding hydrogens is 238 g/mol. The van der Waals surface area contributed by atoms with Crippen molar-refractivity contribution in [3.8, 4) is 5.75 Å². The van der Waals surface area contributed by atoms with Crippen molar-refractivity contribution in [3.05, 3.63) is 29.8 Å². The lowest BCUT2D eigenvalue weighted by molar-refractivity contribution is 0.0917. The van der Waals surface area contributed by atoms with Gasteiger partial charge in [-0.1, -0.05) is 25.0 Å². The van der Waals surface area contributed by atoms with Gasteiger partial charge in [-0.2, -0.15) is 0 Å². The van der Waals surface area contributed by atoms with E-state index < -0.39 is 0 Å².